The normalized spacial score (nSPS) is 10.1. The first-order valence-corrected chi connectivity index (χ1v) is 6.27. The Morgan fingerprint density at radius 3 is 2.56 bits per heavy atom. The Morgan fingerprint density at radius 1 is 1.22 bits per heavy atom. The number of urea groups is 1. The summed E-state index contributed by atoms with van der Waals surface area (Å²) >= 11 is 0. The van der Waals surface area contributed by atoms with Crippen LogP contribution in [0.25, 0.3) is 0 Å². The van der Waals surface area contributed by atoms with E-state index in [1.807, 2.05) is 0 Å². The average molecular weight is 260 g/mol. The summed E-state index contributed by atoms with van der Waals surface area (Å²) in [5.41, 5.74) is 0. The van der Waals surface area contributed by atoms with Crippen molar-refractivity contribution in [1.82, 2.24) is 10.2 Å². The fraction of sp³-hybridized carbons (Fsp3) is 0.833. The predicted octanol–water partition coefficient (Wildman–Crippen LogP) is 1.31. The maximum Gasteiger partial charge on any atom is 0.317 e. The van der Waals surface area contributed by atoms with E-state index in [4.69, 9.17) is 9.84 Å². The van der Waals surface area contributed by atoms with E-state index in [-0.39, 0.29) is 12.5 Å². The molecule has 0 aliphatic heterocycles. The molecule has 0 saturated carbocycles. The molecule has 2 N–H and O–H groups in total. The van der Waals surface area contributed by atoms with Gasteiger partial charge in [0, 0.05) is 40.3 Å². The van der Waals surface area contributed by atoms with Gasteiger partial charge in [-0.25, -0.2) is 4.79 Å². The highest BCUT2D eigenvalue weighted by molar-refractivity contribution is 5.73. The van der Waals surface area contributed by atoms with Crippen LogP contribution in [0.5, 0.6) is 0 Å². The first kappa shape index (κ1) is 16.7. The number of carboxylic acid groups (broad SMARTS) is 1. The average Bonchev–Trinajstić information content (AvgIpc) is 2.32. The quantitative estimate of drug-likeness (QED) is 0.580. The zero-order valence-electron chi connectivity index (χ0n) is 11.3. The number of carbonyl (C=O) groups excluding carboxylic acids is 1. The minimum atomic E-state index is -0.832. The Hall–Kier alpha value is -1.30. The van der Waals surface area contributed by atoms with Crippen LogP contribution in [0.1, 0.15) is 32.1 Å². The van der Waals surface area contributed by atoms with Gasteiger partial charge in [0.25, 0.3) is 0 Å². The molecular formula is C12H24N2O4. The summed E-state index contributed by atoms with van der Waals surface area (Å²) in [4.78, 5) is 23.4. The summed E-state index contributed by atoms with van der Waals surface area (Å²) in [5.74, 6) is -0.832. The van der Waals surface area contributed by atoms with Gasteiger partial charge in [-0.2, -0.15) is 0 Å². The monoisotopic (exact) mass is 260 g/mol. The minimum Gasteiger partial charge on any atom is -0.481 e. The zero-order valence-corrected chi connectivity index (χ0v) is 11.3. The van der Waals surface area contributed by atoms with Crippen molar-refractivity contribution in [2.24, 2.45) is 0 Å². The van der Waals surface area contributed by atoms with Crippen LogP contribution in [0.2, 0.25) is 0 Å². The highest BCUT2D eigenvalue weighted by atomic mass is 16.5. The molecule has 0 atom stereocenters. The molecule has 0 heterocycles. The van der Waals surface area contributed by atoms with Crippen molar-refractivity contribution in [3.8, 4) is 0 Å². The van der Waals surface area contributed by atoms with Crippen molar-refractivity contribution in [2.75, 3.05) is 33.9 Å². The van der Waals surface area contributed by atoms with Crippen LogP contribution in [-0.4, -0.2) is 55.9 Å². The second-order valence-corrected chi connectivity index (χ2v) is 4.20. The van der Waals surface area contributed by atoms with E-state index >= 15 is 0 Å². The standard InChI is InChI=1S/C12H24N2O4/c1-14(9-6-7-11(15)16)12(17)13-8-4-3-5-10-18-2/h3-10H2,1-2H3,(H,13,17)(H,15,16). The lowest BCUT2D eigenvalue weighted by atomic mass is 10.2. The van der Waals surface area contributed by atoms with E-state index in [9.17, 15) is 9.59 Å². The minimum absolute atomic E-state index is 0.0919. The molecule has 0 aliphatic rings. The van der Waals surface area contributed by atoms with Crippen LogP contribution in [0.3, 0.4) is 0 Å². The number of aliphatic carboxylic acids is 1. The second kappa shape index (κ2) is 10.8. The van der Waals surface area contributed by atoms with Gasteiger partial charge in [-0.3, -0.25) is 4.79 Å². The van der Waals surface area contributed by atoms with E-state index in [1.165, 1.54) is 4.90 Å². The Kier molecular flexibility index (Phi) is 10.0. The molecule has 0 spiro atoms. The molecule has 2 amide bonds. The van der Waals surface area contributed by atoms with Gasteiger partial charge in [-0.05, 0) is 25.7 Å². The number of unbranched alkanes of at least 4 members (excludes halogenated alkanes) is 2. The van der Waals surface area contributed by atoms with Crippen LogP contribution < -0.4 is 5.32 Å². The topological polar surface area (TPSA) is 78.9 Å². The molecule has 0 aliphatic carbocycles. The SMILES string of the molecule is COCCCCCNC(=O)N(C)CCCC(=O)O. The number of methoxy groups -OCH3 is 1. The lowest BCUT2D eigenvalue weighted by Gasteiger charge is -2.17. The summed E-state index contributed by atoms with van der Waals surface area (Å²) in [6.45, 7) is 1.86. The van der Waals surface area contributed by atoms with E-state index in [1.54, 1.807) is 14.2 Å². The second-order valence-electron chi connectivity index (χ2n) is 4.20. The van der Waals surface area contributed by atoms with E-state index in [0.29, 0.717) is 19.5 Å². The van der Waals surface area contributed by atoms with Crippen LogP contribution >= 0.6 is 0 Å². The van der Waals surface area contributed by atoms with E-state index in [0.717, 1.165) is 25.9 Å². The molecule has 0 aromatic heterocycles. The highest BCUT2D eigenvalue weighted by Gasteiger charge is 2.07. The maximum atomic E-state index is 11.6. The molecule has 6 nitrogen and oxygen atoms in total. The Morgan fingerprint density at radius 2 is 1.94 bits per heavy atom. The van der Waals surface area contributed by atoms with Crippen molar-refractivity contribution in [3.63, 3.8) is 0 Å². The third-order valence-corrected chi connectivity index (χ3v) is 2.53. The smallest absolute Gasteiger partial charge is 0.317 e. The van der Waals surface area contributed by atoms with Crippen LogP contribution in [0.4, 0.5) is 4.79 Å². The van der Waals surface area contributed by atoms with Gasteiger partial charge < -0.3 is 20.1 Å². The number of amides is 2. The number of ether oxygens (including phenoxy) is 1. The van der Waals surface area contributed by atoms with Crippen LogP contribution in [0.15, 0.2) is 0 Å². The molecule has 0 radical (unpaired) electrons. The number of hydrogen-bond acceptors (Lipinski definition) is 3. The summed E-state index contributed by atoms with van der Waals surface area (Å²) < 4.78 is 4.93. The first-order valence-electron chi connectivity index (χ1n) is 6.27. The number of carbonyl (C=O) groups is 2. The molecule has 0 saturated heterocycles. The van der Waals surface area contributed by atoms with Crippen LogP contribution in [-0.2, 0) is 9.53 Å². The molecular weight excluding hydrogens is 236 g/mol. The summed E-state index contributed by atoms with van der Waals surface area (Å²) in [5, 5.41) is 11.3. The number of nitrogens with one attached hydrogen (secondary N) is 1. The van der Waals surface area contributed by atoms with Gasteiger partial charge >= 0.3 is 12.0 Å². The third-order valence-electron chi connectivity index (χ3n) is 2.53. The lowest BCUT2D eigenvalue weighted by molar-refractivity contribution is -0.137. The maximum absolute atomic E-state index is 11.6. The largest absolute Gasteiger partial charge is 0.481 e. The van der Waals surface area contributed by atoms with Gasteiger partial charge in [0.15, 0.2) is 0 Å². The summed E-state index contributed by atoms with van der Waals surface area (Å²) in [7, 11) is 3.34. The molecule has 18 heavy (non-hydrogen) atoms. The number of carboxylic acids is 1. The molecule has 0 unspecified atom stereocenters. The molecule has 0 aromatic carbocycles. The summed E-state index contributed by atoms with van der Waals surface area (Å²) in [6, 6.07) is -0.146. The molecule has 106 valence electrons. The van der Waals surface area contributed by atoms with Crippen molar-refractivity contribution < 1.29 is 19.4 Å². The lowest BCUT2D eigenvalue weighted by Crippen LogP contribution is -2.38. The number of hydrogen-bond donors (Lipinski definition) is 2. The van der Waals surface area contributed by atoms with Crippen molar-refractivity contribution in [2.45, 2.75) is 32.1 Å². The Bertz CT molecular complexity index is 246. The van der Waals surface area contributed by atoms with Gasteiger partial charge in [0.2, 0.25) is 0 Å². The fourth-order valence-corrected chi connectivity index (χ4v) is 1.45. The third kappa shape index (κ3) is 9.89. The van der Waals surface area contributed by atoms with Gasteiger partial charge in [0.05, 0.1) is 0 Å². The molecule has 6 heteroatoms. The Balaban J connectivity index is 3.47. The number of nitrogens with zero attached hydrogens (tertiary/aromatic N) is 1. The molecule has 0 fully saturated rings. The zero-order chi connectivity index (χ0) is 13.8. The summed E-state index contributed by atoms with van der Waals surface area (Å²) in [6.07, 6.45) is 3.53. The van der Waals surface area contributed by atoms with E-state index in [2.05, 4.69) is 5.32 Å². The number of rotatable bonds is 10. The molecule has 0 bridgehead atoms. The first-order chi connectivity index (χ1) is 8.57. The molecule has 0 aromatic rings. The van der Waals surface area contributed by atoms with Crippen molar-refractivity contribution in [3.05, 3.63) is 0 Å². The van der Waals surface area contributed by atoms with Crippen molar-refractivity contribution >= 4 is 12.0 Å². The predicted molar refractivity (Wildman–Crippen MR) is 68.6 cm³/mol. The molecule has 0 rings (SSSR count). The Labute approximate surface area is 108 Å². The van der Waals surface area contributed by atoms with Gasteiger partial charge in [0.1, 0.15) is 0 Å². The van der Waals surface area contributed by atoms with Gasteiger partial charge in [-0.1, -0.05) is 0 Å². The fourth-order valence-electron chi connectivity index (χ4n) is 1.45. The van der Waals surface area contributed by atoms with Crippen molar-refractivity contribution in [1.29, 1.82) is 0 Å². The van der Waals surface area contributed by atoms with Crippen LogP contribution in [0, 0.1) is 0 Å². The highest BCUT2D eigenvalue weighted by Crippen LogP contribution is 1.96. The van der Waals surface area contributed by atoms with E-state index < -0.39 is 5.97 Å². The van der Waals surface area contributed by atoms with Gasteiger partial charge in [-0.15, -0.1) is 0 Å².